The van der Waals surface area contributed by atoms with Gasteiger partial charge in [-0.05, 0) is 50.7 Å². The Morgan fingerprint density at radius 2 is 2.20 bits per heavy atom. The molecule has 0 bridgehead atoms. The number of nitrogens with two attached hydrogens (primary N) is 1. The van der Waals surface area contributed by atoms with Gasteiger partial charge < -0.3 is 20.7 Å². The Kier molecular flexibility index (Phi) is 5.24. The smallest absolute Gasteiger partial charge is 0.223 e. The highest BCUT2D eigenvalue weighted by atomic mass is 16.5. The van der Waals surface area contributed by atoms with Crippen LogP contribution in [0.2, 0.25) is 0 Å². The molecule has 20 heavy (non-hydrogen) atoms. The molecular weight excluding hydrogens is 254 g/mol. The maximum absolute atomic E-state index is 11.8. The number of ether oxygens (including phenoxy) is 1. The number of piperidine rings is 1. The molecule has 1 unspecified atom stereocenters. The van der Waals surface area contributed by atoms with E-state index in [0.29, 0.717) is 18.7 Å². The SMILES string of the molecule is CN1CCCC(NC(=O)CCOc2ccc(N)cc2)C1. The van der Waals surface area contributed by atoms with Crippen LogP contribution in [-0.4, -0.2) is 43.6 Å². The van der Waals surface area contributed by atoms with Crippen molar-refractivity contribution in [2.45, 2.75) is 25.3 Å². The van der Waals surface area contributed by atoms with Crippen molar-refractivity contribution in [1.82, 2.24) is 10.2 Å². The summed E-state index contributed by atoms with van der Waals surface area (Å²) in [6.07, 6.45) is 2.59. The number of nitrogen functional groups attached to an aromatic ring is 1. The van der Waals surface area contributed by atoms with Crippen molar-refractivity contribution in [2.24, 2.45) is 0 Å². The molecule has 1 saturated heterocycles. The van der Waals surface area contributed by atoms with Gasteiger partial charge in [0.2, 0.25) is 5.91 Å². The predicted molar refractivity (Wildman–Crippen MR) is 79.6 cm³/mol. The number of nitrogens with zero attached hydrogens (tertiary/aromatic N) is 1. The van der Waals surface area contributed by atoms with E-state index < -0.39 is 0 Å². The molecular formula is C15H23N3O2. The van der Waals surface area contributed by atoms with E-state index in [4.69, 9.17) is 10.5 Å². The van der Waals surface area contributed by atoms with Gasteiger partial charge in [0.25, 0.3) is 0 Å². The first-order chi connectivity index (χ1) is 9.63. The van der Waals surface area contributed by atoms with Crippen LogP contribution in [0.15, 0.2) is 24.3 Å². The van der Waals surface area contributed by atoms with Crippen molar-refractivity contribution in [3.63, 3.8) is 0 Å². The third-order valence-electron chi connectivity index (χ3n) is 3.47. The molecule has 1 fully saturated rings. The lowest BCUT2D eigenvalue weighted by atomic mass is 10.1. The lowest BCUT2D eigenvalue weighted by Crippen LogP contribution is -2.46. The van der Waals surface area contributed by atoms with Crippen LogP contribution >= 0.6 is 0 Å². The average Bonchev–Trinajstić information content (AvgIpc) is 2.41. The van der Waals surface area contributed by atoms with Crippen molar-refractivity contribution in [3.8, 4) is 5.75 Å². The van der Waals surface area contributed by atoms with Gasteiger partial charge in [0.15, 0.2) is 0 Å². The first-order valence-corrected chi connectivity index (χ1v) is 7.10. The summed E-state index contributed by atoms with van der Waals surface area (Å²) >= 11 is 0. The molecule has 1 heterocycles. The number of likely N-dealkylation sites (N-methyl/N-ethyl adjacent to an activating group) is 1. The summed E-state index contributed by atoms with van der Waals surface area (Å²) in [7, 11) is 2.09. The molecule has 0 spiro atoms. The highest BCUT2D eigenvalue weighted by Crippen LogP contribution is 2.13. The molecule has 1 aliphatic rings. The van der Waals surface area contributed by atoms with E-state index in [9.17, 15) is 4.79 Å². The predicted octanol–water partition coefficient (Wildman–Crippen LogP) is 1.25. The molecule has 1 amide bonds. The first-order valence-electron chi connectivity index (χ1n) is 7.10. The Morgan fingerprint density at radius 3 is 2.90 bits per heavy atom. The number of anilines is 1. The molecule has 0 aromatic heterocycles. The summed E-state index contributed by atoms with van der Waals surface area (Å²) in [6.45, 7) is 2.44. The number of likely N-dealkylation sites (tertiary alicyclic amines) is 1. The van der Waals surface area contributed by atoms with E-state index in [1.165, 1.54) is 0 Å². The second-order valence-corrected chi connectivity index (χ2v) is 5.34. The van der Waals surface area contributed by atoms with E-state index in [-0.39, 0.29) is 11.9 Å². The van der Waals surface area contributed by atoms with E-state index in [2.05, 4.69) is 17.3 Å². The molecule has 5 heteroatoms. The molecule has 1 aromatic carbocycles. The molecule has 5 nitrogen and oxygen atoms in total. The fourth-order valence-electron chi connectivity index (χ4n) is 2.41. The van der Waals surface area contributed by atoms with Crippen LogP contribution in [-0.2, 0) is 4.79 Å². The van der Waals surface area contributed by atoms with Gasteiger partial charge in [0.1, 0.15) is 5.75 Å². The minimum atomic E-state index is 0.0562. The first kappa shape index (κ1) is 14.7. The Hall–Kier alpha value is -1.75. The number of hydrogen-bond donors (Lipinski definition) is 2. The summed E-state index contributed by atoms with van der Waals surface area (Å²) in [6, 6.07) is 7.46. The van der Waals surface area contributed by atoms with Gasteiger partial charge in [-0.1, -0.05) is 0 Å². The fraction of sp³-hybridized carbons (Fsp3) is 0.533. The largest absolute Gasteiger partial charge is 0.493 e. The second kappa shape index (κ2) is 7.14. The normalized spacial score (nSPS) is 19.6. The summed E-state index contributed by atoms with van der Waals surface area (Å²) in [5.41, 5.74) is 6.30. The van der Waals surface area contributed by atoms with Gasteiger partial charge in [-0.25, -0.2) is 0 Å². The van der Waals surface area contributed by atoms with Gasteiger partial charge in [-0.2, -0.15) is 0 Å². The van der Waals surface area contributed by atoms with Crippen molar-refractivity contribution >= 4 is 11.6 Å². The van der Waals surface area contributed by atoms with E-state index in [0.717, 1.165) is 31.7 Å². The minimum Gasteiger partial charge on any atom is -0.493 e. The fourth-order valence-corrected chi connectivity index (χ4v) is 2.41. The Morgan fingerprint density at radius 1 is 1.45 bits per heavy atom. The highest BCUT2D eigenvalue weighted by Gasteiger charge is 2.18. The third kappa shape index (κ3) is 4.74. The molecule has 0 saturated carbocycles. The minimum absolute atomic E-state index is 0.0562. The van der Waals surface area contributed by atoms with Crippen LogP contribution in [0.25, 0.3) is 0 Å². The topological polar surface area (TPSA) is 67.6 Å². The summed E-state index contributed by atoms with van der Waals surface area (Å²) in [4.78, 5) is 14.1. The summed E-state index contributed by atoms with van der Waals surface area (Å²) < 4.78 is 5.52. The second-order valence-electron chi connectivity index (χ2n) is 5.34. The molecule has 1 atom stereocenters. The van der Waals surface area contributed by atoms with Crippen LogP contribution in [0.4, 0.5) is 5.69 Å². The molecule has 2 rings (SSSR count). The van der Waals surface area contributed by atoms with Crippen LogP contribution in [0.1, 0.15) is 19.3 Å². The van der Waals surface area contributed by atoms with Gasteiger partial charge in [0.05, 0.1) is 13.0 Å². The molecule has 110 valence electrons. The van der Waals surface area contributed by atoms with Crippen molar-refractivity contribution in [1.29, 1.82) is 0 Å². The van der Waals surface area contributed by atoms with Gasteiger partial charge in [0, 0.05) is 18.3 Å². The van der Waals surface area contributed by atoms with Crippen LogP contribution < -0.4 is 15.8 Å². The number of carbonyl (C=O) groups excluding carboxylic acids is 1. The Labute approximate surface area is 120 Å². The van der Waals surface area contributed by atoms with Crippen molar-refractivity contribution in [3.05, 3.63) is 24.3 Å². The monoisotopic (exact) mass is 277 g/mol. The lowest BCUT2D eigenvalue weighted by Gasteiger charge is -2.30. The Balaban J connectivity index is 1.66. The van der Waals surface area contributed by atoms with Gasteiger partial charge in [-0.15, -0.1) is 0 Å². The molecule has 1 aromatic rings. The van der Waals surface area contributed by atoms with E-state index in [1.54, 1.807) is 12.1 Å². The van der Waals surface area contributed by atoms with Crippen LogP contribution in [0.5, 0.6) is 5.75 Å². The molecule has 3 N–H and O–H groups in total. The van der Waals surface area contributed by atoms with Crippen LogP contribution in [0.3, 0.4) is 0 Å². The highest BCUT2D eigenvalue weighted by molar-refractivity contribution is 5.76. The standard InChI is InChI=1S/C15H23N3O2/c1-18-9-2-3-13(11-18)17-15(19)8-10-20-14-6-4-12(16)5-7-14/h4-7,13H,2-3,8-11,16H2,1H3,(H,17,19). The lowest BCUT2D eigenvalue weighted by molar-refractivity contribution is -0.122. The molecule has 0 aliphatic carbocycles. The average molecular weight is 277 g/mol. The van der Waals surface area contributed by atoms with Crippen molar-refractivity contribution in [2.75, 3.05) is 32.5 Å². The zero-order valence-corrected chi connectivity index (χ0v) is 12.0. The summed E-state index contributed by atoms with van der Waals surface area (Å²) in [5, 5.41) is 3.06. The summed E-state index contributed by atoms with van der Waals surface area (Å²) in [5.74, 6) is 0.796. The van der Waals surface area contributed by atoms with Gasteiger partial charge >= 0.3 is 0 Å². The Bertz CT molecular complexity index is 433. The number of rotatable bonds is 5. The maximum atomic E-state index is 11.8. The maximum Gasteiger partial charge on any atom is 0.223 e. The third-order valence-corrected chi connectivity index (χ3v) is 3.47. The zero-order chi connectivity index (χ0) is 14.4. The number of carbonyl (C=O) groups is 1. The number of nitrogens with one attached hydrogen (secondary N) is 1. The number of benzene rings is 1. The van der Waals surface area contributed by atoms with E-state index in [1.807, 2.05) is 12.1 Å². The van der Waals surface area contributed by atoms with E-state index >= 15 is 0 Å². The zero-order valence-electron chi connectivity index (χ0n) is 12.0. The molecule has 1 aliphatic heterocycles. The van der Waals surface area contributed by atoms with Crippen molar-refractivity contribution < 1.29 is 9.53 Å². The quantitative estimate of drug-likeness (QED) is 0.795. The van der Waals surface area contributed by atoms with Gasteiger partial charge in [-0.3, -0.25) is 4.79 Å². The number of hydrogen-bond acceptors (Lipinski definition) is 4. The number of amides is 1. The molecule has 0 radical (unpaired) electrons. The van der Waals surface area contributed by atoms with Crippen LogP contribution in [0, 0.1) is 0 Å².